The molecule has 1 N–H and O–H groups in total. The van der Waals surface area contributed by atoms with Gasteiger partial charge >= 0.3 is 0 Å². The number of nitrogens with zero attached hydrogens (tertiary/aromatic N) is 1. The van der Waals surface area contributed by atoms with Gasteiger partial charge in [0.1, 0.15) is 11.4 Å². The highest BCUT2D eigenvalue weighted by Gasteiger charge is 2.43. The van der Waals surface area contributed by atoms with Crippen molar-refractivity contribution in [3.8, 4) is 0 Å². The van der Waals surface area contributed by atoms with Gasteiger partial charge in [-0.05, 0) is 24.6 Å². The number of benzene rings is 1. The Balaban J connectivity index is 1.78. The van der Waals surface area contributed by atoms with Crippen molar-refractivity contribution in [2.75, 3.05) is 12.3 Å². The molecule has 2 atom stereocenters. The topological polar surface area (TPSA) is 62.6 Å². The number of hydrogen-bond donors (Lipinski definition) is 1. The Kier molecular flexibility index (Phi) is 7.45. The number of halogens is 1. The number of carbonyl (C=O) groups is 2. The quantitative estimate of drug-likeness (QED) is 0.618. The average molecular weight is 421 g/mol. The fourth-order valence-corrected chi connectivity index (χ4v) is 4.91. The second-order valence-corrected chi connectivity index (χ2v) is 8.32. The van der Waals surface area contributed by atoms with E-state index in [1.54, 1.807) is 53.5 Å². The van der Waals surface area contributed by atoms with Crippen LogP contribution >= 0.6 is 23.4 Å². The summed E-state index contributed by atoms with van der Waals surface area (Å²) < 4.78 is 5.20. The molecule has 0 saturated carbocycles. The molecule has 1 aliphatic rings. The highest BCUT2D eigenvalue weighted by Crippen LogP contribution is 2.42. The number of amides is 2. The number of thioether (sulfide) groups is 1. The molecule has 1 saturated heterocycles. The maximum absolute atomic E-state index is 13.3. The molecule has 7 heteroatoms. The maximum atomic E-state index is 13.3. The molecule has 0 radical (unpaired) electrons. The molecule has 28 heavy (non-hydrogen) atoms. The summed E-state index contributed by atoms with van der Waals surface area (Å²) in [5, 5.41) is 3.10. The molecule has 0 aliphatic carbocycles. The van der Waals surface area contributed by atoms with Crippen molar-refractivity contribution in [3.05, 3.63) is 59.0 Å². The molecule has 2 heterocycles. The van der Waals surface area contributed by atoms with Crippen molar-refractivity contribution in [2.45, 2.75) is 44.0 Å². The van der Waals surface area contributed by atoms with Gasteiger partial charge in [-0.2, -0.15) is 0 Å². The Morgan fingerprint density at radius 2 is 2.07 bits per heavy atom. The van der Waals surface area contributed by atoms with Crippen molar-refractivity contribution < 1.29 is 14.0 Å². The van der Waals surface area contributed by atoms with E-state index in [-0.39, 0.29) is 17.2 Å². The molecule has 1 aromatic carbocycles. The van der Waals surface area contributed by atoms with Gasteiger partial charge in [0, 0.05) is 17.9 Å². The minimum atomic E-state index is -0.542. The molecule has 1 aliphatic heterocycles. The normalized spacial score (nSPS) is 19.0. The molecule has 3 rings (SSSR count). The molecule has 2 amide bonds. The van der Waals surface area contributed by atoms with E-state index < -0.39 is 6.04 Å². The van der Waals surface area contributed by atoms with E-state index in [9.17, 15) is 9.59 Å². The van der Waals surface area contributed by atoms with Crippen molar-refractivity contribution >= 4 is 35.2 Å². The summed E-state index contributed by atoms with van der Waals surface area (Å²) in [6.45, 7) is 2.78. The van der Waals surface area contributed by atoms with E-state index in [1.807, 2.05) is 6.07 Å². The SMILES string of the molecule is CCCCCCNC(=O)C1CSC(c2ccoc2)N1C(=O)c1ccccc1Cl. The van der Waals surface area contributed by atoms with Gasteiger partial charge in [-0.3, -0.25) is 9.59 Å². The summed E-state index contributed by atoms with van der Waals surface area (Å²) in [5.74, 6) is 0.177. The molecule has 1 aromatic heterocycles. The van der Waals surface area contributed by atoms with Crippen LogP contribution in [0.1, 0.15) is 53.9 Å². The lowest BCUT2D eigenvalue weighted by atomic mass is 10.1. The van der Waals surface area contributed by atoms with Gasteiger partial charge < -0.3 is 14.6 Å². The molecule has 2 aromatic rings. The lowest BCUT2D eigenvalue weighted by molar-refractivity contribution is -0.124. The second-order valence-electron chi connectivity index (χ2n) is 6.80. The Morgan fingerprint density at radius 1 is 1.25 bits per heavy atom. The molecule has 0 spiro atoms. The first-order chi connectivity index (χ1) is 13.6. The van der Waals surface area contributed by atoms with Gasteiger partial charge in [-0.15, -0.1) is 11.8 Å². The van der Waals surface area contributed by atoms with Crippen LogP contribution in [0.15, 0.2) is 47.3 Å². The summed E-state index contributed by atoms with van der Waals surface area (Å²) in [7, 11) is 0. The zero-order valence-electron chi connectivity index (χ0n) is 15.9. The standard InChI is InChI=1S/C21H25ClN2O3S/c1-2-3-4-7-11-23-19(25)18-14-28-21(15-10-12-27-13-15)24(18)20(26)16-8-5-6-9-17(16)22/h5-6,8-10,12-13,18,21H,2-4,7,11,14H2,1H3,(H,23,25). The van der Waals surface area contributed by atoms with Crippen LogP contribution in [0, 0.1) is 0 Å². The zero-order valence-corrected chi connectivity index (χ0v) is 17.5. The van der Waals surface area contributed by atoms with E-state index in [2.05, 4.69) is 12.2 Å². The number of furan rings is 1. The van der Waals surface area contributed by atoms with Crippen LogP contribution in [-0.2, 0) is 4.79 Å². The van der Waals surface area contributed by atoms with Gasteiger partial charge in [-0.1, -0.05) is 49.9 Å². The summed E-state index contributed by atoms with van der Waals surface area (Å²) in [6, 6.07) is 8.23. The number of hydrogen-bond acceptors (Lipinski definition) is 4. The van der Waals surface area contributed by atoms with Crippen LogP contribution in [0.25, 0.3) is 0 Å². The highest BCUT2D eigenvalue weighted by atomic mass is 35.5. The lowest BCUT2D eigenvalue weighted by Gasteiger charge is -2.28. The van der Waals surface area contributed by atoms with Gasteiger partial charge in [0.25, 0.3) is 5.91 Å². The maximum Gasteiger partial charge on any atom is 0.257 e. The molecule has 150 valence electrons. The predicted molar refractivity (Wildman–Crippen MR) is 112 cm³/mol. The molecular formula is C21H25ClN2O3S. The minimum Gasteiger partial charge on any atom is -0.472 e. The second kappa shape index (κ2) is 10.0. The largest absolute Gasteiger partial charge is 0.472 e. The third-order valence-electron chi connectivity index (χ3n) is 4.80. The lowest BCUT2D eigenvalue weighted by Crippen LogP contribution is -2.48. The number of unbranched alkanes of at least 4 members (excludes halogenated alkanes) is 3. The van der Waals surface area contributed by atoms with E-state index in [0.29, 0.717) is 22.9 Å². The third-order valence-corrected chi connectivity index (χ3v) is 6.45. The predicted octanol–water partition coefficient (Wildman–Crippen LogP) is 4.89. The smallest absolute Gasteiger partial charge is 0.257 e. The van der Waals surface area contributed by atoms with Crippen LogP contribution in [0.4, 0.5) is 0 Å². The van der Waals surface area contributed by atoms with Gasteiger partial charge in [0.2, 0.25) is 5.91 Å². The average Bonchev–Trinajstić information content (AvgIpc) is 3.37. The summed E-state index contributed by atoms with van der Waals surface area (Å²) in [5.41, 5.74) is 1.27. The van der Waals surface area contributed by atoms with Gasteiger partial charge in [-0.25, -0.2) is 0 Å². The first-order valence-electron chi connectivity index (χ1n) is 9.62. The van der Waals surface area contributed by atoms with E-state index in [0.717, 1.165) is 31.2 Å². The van der Waals surface area contributed by atoms with Crippen LogP contribution in [-0.4, -0.2) is 35.1 Å². The van der Waals surface area contributed by atoms with E-state index >= 15 is 0 Å². The Morgan fingerprint density at radius 3 is 2.79 bits per heavy atom. The van der Waals surface area contributed by atoms with Gasteiger partial charge in [0.05, 0.1) is 23.1 Å². The Labute approximate surface area is 174 Å². The van der Waals surface area contributed by atoms with Crippen LogP contribution in [0.5, 0.6) is 0 Å². The summed E-state index contributed by atoms with van der Waals surface area (Å²) >= 11 is 7.82. The number of nitrogens with one attached hydrogen (secondary N) is 1. The molecule has 0 bridgehead atoms. The van der Waals surface area contributed by atoms with Crippen molar-refractivity contribution in [2.24, 2.45) is 0 Å². The monoisotopic (exact) mass is 420 g/mol. The molecule has 2 unspecified atom stereocenters. The van der Waals surface area contributed by atoms with Crippen LogP contribution in [0.3, 0.4) is 0 Å². The molecule has 1 fully saturated rings. The minimum absolute atomic E-state index is 0.115. The first kappa shape index (κ1) is 20.8. The Bertz CT molecular complexity index is 797. The van der Waals surface area contributed by atoms with Crippen molar-refractivity contribution in [1.82, 2.24) is 10.2 Å². The van der Waals surface area contributed by atoms with E-state index in [4.69, 9.17) is 16.0 Å². The molecule has 5 nitrogen and oxygen atoms in total. The third kappa shape index (κ3) is 4.73. The van der Waals surface area contributed by atoms with Crippen LogP contribution < -0.4 is 5.32 Å². The zero-order chi connectivity index (χ0) is 19.9. The molecular weight excluding hydrogens is 396 g/mol. The number of carbonyl (C=O) groups excluding carboxylic acids is 2. The van der Waals surface area contributed by atoms with Gasteiger partial charge in [0.15, 0.2) is 0 Å². The fourth-order valence-electron chi connectivity index (χ4n) is 3.28. The highest BCUT2D eigenvalue weighted by molar-refractivity contribution is 7.99. The number of rotatable bonds is 8. The summed E-state index contributed by atoms with van der Waals surface area (Å²) in [6.07, 6.45) is 7.55. The van der Waals surface area contributed by atoms with Crippen molar-refractivity contribution in [3.63, 3.8) is 0 Å². The van der Waals surface area contributed by atoms with Crippen molar-refractivity contribution in [1.29, 1.82) is 0 Å². The summed E-state index contributed by atoms with van der Waals surface area (Å²) in [4.78, 5) is 27.8. The fraction of sp³-hybridized carbons (Fsp3) is 0.429. The van der Waals surface area contributed by atoms with Crippen LogP contribution in [0.2, 0.25) is 5.02 Å². The van der Waals surface area contributed by atoms with E-state index in [1.165, 1.54) is 0 Å². The first-order valence-corrected chi connectivity index (χ1v) is 11.0. The Hall–Kier alpha value is -1.92.